The molecule has 1 atom stereocenters. The van der Waals surface area contributed by atoms with Gasteiger partial charge < -0.3 is 9.84 Å². The highest BCUT2D eigenvalue weighted by molar-refractivity contribution is 5.72. The van der Waals surface area contributed by atoms with Gasteiger partial charge in [-0.15, -0.1) is 0 Å². The molecule has 33 heavy (non-hydrogen) atoms. The largest absolute Gasteiger partial charge is 0.508 e. The van der Waals surface area contributed by atoms with Crippen LogP contribution in [0.15, 0.2) is 72.8 Å². The number of aromatic hydroxyl groups is 1. The second kappa shape index (κ2) is 13.0. The van der Waals surface area contributed by atoms with E-state index in [4.69, 9.17) is 4.74 Å². The van der Waals surface area contributed by atoms with Crippen LogP contribution in [-0.2, 0) is 4.74 Å². The van der Waals surface area contributed by atoms with Crippen LogP contribution in [-0.4, -0.2) is 17.8 Å². The number of rotatable bonds is 12. The van der Waals surface area contributed by atoms with Crippen LogP contribution in [0.2, 0.25) is 0 Å². The Labute approximate surface area is 197 Å². The minimum atomic E-state index is -0.272. The molecule has 2 nitrogen and oxygen atoms in total. The molecule has 0 saturated heterocycles. The molecule has 0 bridgehead atoms. The zero-order chi connectivity index (χ0) is 23.5. The van der Waals surface area contributed by atoms with Crippen molar-refractivity contribution < 1.29 is 14.2 Å². The molecule has 1 N–H and O–H groups in total. The molecular weight excluding hydrogens is 411 g/mol. The second-order valence-corrected chi connectivity index (χ2v) is 8.59. The molecule has 0 saturated carbocycles. The van der Waals surface area contributed by atoms with Crippen molar-refractivity contribution in [2.45, 2.75) is 58.5 Å². The zero-order valence-corrected chi connectivity index (χ0v) is 19.8. The summed E-state index contributed by atoms with van der Waals surface area (Å²) < 4.78 is 20.6. The average Bonchev–Trinajstić information content (AvgIpc) is 2.83. The van der Waals surface area contributed by atoms with E-state index in [1.807, 2.05) is 18.2 Å². The smallest absolute Gasteiger partial charge is 0.131 e. The van der Waals surface area contributed by atoms with Crippen LogP contribution >= 0.6 is 0 Å². The van der Waals surface area contributed by atoms with Gasteiger partial charge >= 0.3 is 0 Å². The maximum Gasteiger partial charge on any atom is 0.131 e. The van der Waals surface area contributed by atoms with Gasteiger partial charge in [-0.05, 0) is 73.1 Å². The highest BCUT2D eigenvalue weighted by Crippen LogP contribution is 2.29. The van der Waals surface area contributed by atoms with Gasteiger partial charge in [0.1, 0.15) is 11.6 Å². The van der Waals surface area contributed by atoms with E-state index in [1.165, 1.54) is 12.8 Å². The summed E-state index contributed by atoms with van der Waals surface area (Å²) in [6.45, 7) is 5.25. The topological polar surface area (TPSA) is 29.5 Å². The van der Waals surface area contributed by atoms with Crippen LogP contribution in [0, 0.1) is 5.82 Å². The molecule has 0 fully saturated rings. The monoisotopic (exact) mass is 446 g/mol. The Hall–Kier alpha value is -2.91. The van der Waals surface area contributed by atoms with Gasteiger partial charge in [-0.2, -0.15) is 0 Å². The van der Waals surface area contributed by atoms with Crippen LogP contribution in [0.25, 0.3) is 28.3 Å². The zero-order valence-electron chi connectivity index (χ0n) is 19.8. The fraction of sp³-hybridized carbons (Fsp3) is 0.333. The summed E-state index contributed by atoms with van der Waals surface area (Å²) in [6, 6.07) is 20.1. The van der Waals surface area contributed by atoms with E-state index < -0.39 is 0 Å². The first-order valence-corrected chi connectivity index (χ1v) is 12.0. The summed E-state index contributed by atoms with van der Waals surface area (Å²) in [6.07, 6.45) is 11.6. The summed E-state index contributed by atoms with van der Waals surface area (Å²) in [5.74, 6) is -0.1000. The van der Waals surface area contributed by atoms with Crippen LogP contribution < -0.4 is 0 Å². The summed E-state index contributed by atoms with van der Waals surface area (Å²) in [7, 11) is 0. The van der Waals surface area contributed by atoms with Crippen molar-refractivity contribution in [1.82, 2.24) is 0 Å². The van der Waals surface area contributed by atoms with Crippen molar-refractivity contribution in [3.8, 4) is 28.0 Å². The SMILES string of the molecule is CCCCCOC(C)CCCC=Cc1ccc(-c2ccc(-c3ccc(O)cc3)c(F)c2)cc1. The van der Waals surface area contributed by atoms with Crippen molar-refractivity contribution in [2.24, 2.45) is 0 Å². The normalized spacial score (nSPS) is 12.3. The Morgan fingerprint density at radius 1 is 0.879 bits per heavy atom. The number of ether oxygens (including phenoxy) is 1. The lowest BCUT2D eigenvalue weighted by Crippen LogP contribution is -2.08. The van der Waals surface area contributed by atoms with Crippen LogP contribution in [0.4, 0.5) is 4.39 Å². The molecule has 3 rings (SSSR count). The average molecular weight is 447 g/mol. The van der Waals surface area contributed by atoms with E-state index in [0.717, 1.165) is 54.5 Å². The Bertz CT molecular complexity index is 1010. The molecule has 0 spiro atoms. The lowest BCUT2D eigenvalue weighted by atomic mass is 9.99. The number of phenolic OH excluding ortho intramolecular Hbond substituents is 1. The number of allylic oxidation sites excluding steroid dienone is 1. The highest BCUT2D eigenvalue weighted by Gasteiger charge is 2.08. The number of hydrogen-bond donors (Lipinski definition) is 1. The summed E-state index contributed by atoms with van der Waals surface area (Å²) in [5, 5.41) is 9.43. The molecule has 0 aromatic heterocycles. The molecule has 0 radical (unpaired) electrons. The quantitative estimate of drug-likeness (QED) is 0.282. The van der Waals surface area contributed by atoms with E-state index in [9.17, 15) is 9.50 Å². The van der Waals surface area contributed by atoms with Crippen molar-refractivity contribution >= 4 is 6.08 Å². The Kier molecular flexibility index (Phi) is 9.71. The maximum atomic E-state index is 14.7. The van der Waals surface area contributed by atoms with Crippen LogP contribution in [0.5, 0.6) is 5.75 Å². The first kappa shape index (κ1) is 24.7. The van der Waals surface area contributed by atoms with Gasteiger partial charge in [0.15, 0.2) is 0 Å². The van der Waals surface area contributed by atoms with E-state index >= 15 is 0 Å². The first-order valence-electron chi connectivity index (χ1n) is 12.0. The van der Waals surface area contributed by atoms with Crippen molar-refractivity contribution in [3.05, 3.63) is 84.2 Å². The summed E-state index contributed by atoms with van der Waals surface area (Å²) in [4.78, 5) is 0. The predicted octanol–water partition coefficient (Wildman–Crippen LogP) is 8.64. The maximum absolute atomic E-state index is 14.7. The third kappa shape index (κ3) is 7.87. The lowest BCUT2D eigenvalue weighted by Gasteiger charge is -2.12. The first-order chi connectivity index (χ1) is 16.1. The van der Waals surface area contributed by atoms with Gasteiger partial charge in [-0.1, -0.05) is 80.4 Å². The summed E-state index contributed by atoms with van der Waals surface area (Å²) in [5.41, 5.74) is 4.24. The fourth-order valence-corrected chi connectivity index (χ4v) is 3.82. The minimum absolute atomic E-state index is 0.172. The minimum Gasteiger partial charge on any atom is -0.508 e. The Balaban J connectivity index is 1.49. The fourth-order valence-electron chi connectivity index (χ4n) is 3.82. The standard InChI is InChI=1S/C30H35FO2/c1-3-4-8-21-33-23(2)9-6-5-7-10-24-11-13-25(14-12-24)27-17-20-29(30(31)22-27)26-15-18-28(32)19-16-26/h7,10-20,22-23,32H,3-6,8-9,21H2,1-2H3. The molecule has 0 aliphatic carbocycles. The van der Waals surface area contributed by atoms with Crippen LogP contribution in [0.1, 0.15) is 57.9 Å². The number of unbranched alkanes of at least 4 members (excludes halogenated alkanes) is 3. The van der Waals surface area contributed by atoms with Gasteiger partial charge in [0.25, 0.3) is 0 Å². The third-order valence-corrected chi connectivity index (χ3v) is 5.83. The van der Waals surface area contributed by atoms with Gasteiger partial charge in [0.2, 0.25) is 0 Å². The third-order valence-electron chi connectivity index (χ3n) is 5.83. The number of hydrogen-bond acceptors (Lipinski definition) is 2. The molecule has 3 aromatic rings. The molecule has 0 heterocycles. The molecule has 3 heteroatoms. The van der Waals surface area contributed by atoms with Crippen molar-refractivity contribution in [1.29, 1.82) is 0 Å². The van der Waals surface area contributed by atoms with E-state index in [-0.39, 0.29) is 11.6 Å². The molecule has 0 amide bonds. The number of phenols is 1. The van der Waals surface area contributed by atoms with Crippen molar-refractivity contribution in [3.63, 3.8) is 0 Å². The Morgan fingerprint density at radius 2 is 1.58 bits per heavy atom. The van der Waals surface area contributed by atoms with Gasteiger partial charge in [-0.25, -0.2) is 4.39 Å². The molecule has 174 valence electrons. The van der Waals surface area contributed by atoms with Crippen molar-refractivity contribution in [2.75, 3.05) is 6.61 Å². The van der Waals surface area contributed by atoms with E-state index in [2.05, 4.69) is 38.1 Å². The molecule has 0 aliphatic heterocycles. The van der Waals surface area contributed by atoms with Gasteiger partial charge in [0, 0.05) is 12.2 Å². The predicted molar refractivity (Wildman–Crippen MR) is 137 cm³/mol. The molecule has 3 aromatic carbocycles. The second-order valence-electron chi connectivity index (χ2n) is 8.59. The van der Waals surface area contributed by atoms with Gasteiger partial charge in [0.05, 0.1) is 6.10 Å². The molecule has 0 aliphatic rings. The van der Waals surface area contributed by atoms with E-state index in [0.29, 0.717) is 11.7 Å². The van der Waals surface area contributed by atoms with Crippen LogP contribution in [0.3, 0.4) is 0 Å². The van der Waals surface area contributed by atoms with Gasteiger partial charge in [-0.3, -0.25) is 0 Å². The molecular formula is C30H35FO2. The number of benzene rings is 3. The number of halogens is 1. The Morgan fingerprint density at radius 3 is 2.27 bits per heavy atom. The van der Waals surface area contributed by atoms with E-state index in [1.54, 1.807) is 36.4 Å². The molecule has 1 unspecified atom stereocenters. The highest BCUT2D eigenvalue weighted by atomic mass is 19.1. The summed E-state index contributed by atoms with van der Waals surface area (Å²) >= 11 is 0. The lowest BCUT2D eigenvalue weighted by molar-refractivity contribution is 0.0566.